The Balaban J connectivity index is 3.13. The first-order valence-corrected chi connectivity index (χ1v) is 4.02. The molecule has 0 aliphatic heterocycles. The van der Waals surface area contributed by atoms with Gasteiger partial charge in [-0.2, -0.15) is 0 Å². The predicted octanol–water partition coefficient (Wildman–Crippen LogP) is 0.964. The first-order chi connectivity index (χ1) is 5.65. The van der Waals surface area contributed by atoms with Crippen molar-refractivity contribution in [2.75, 3.05) is 7.05 Å². The van der Waals surface area contributed by atoms with E-state index in [9.17, 15) is 4.79 Å². The van der Waals surface area contributed by atoms with Crippen LogP contribution in [0.2, 0.25) is 0 Å². The van der Waals surface area contributed by atoms with Gasteiger partial charge in [-0.25, -0.2) is 0 Å². The monoisotopic (exact) mass is 166 g/mol. The van der Waals surface area contributed by atoms with Crippen LogP contribution in [0, 0.1) is 6.92 Å². The van der Waals surface area contributed by atoms with E-state index in [-0.39, 0.29) is 11.6 Å². The second-order valence-electron chi connectivity index (χ2n) is 2.93. The molecule has 0 saturated carbocycles. The quantitative estimate of drug-likeness (QED) is 0.687. The molecular weight excluding hydrogens is 152 g/mol. The molecule has 0 spiro atoms. The minimum Gasteiger partial charge on any atom is -0.324 e. The van der Waals surface area contributed by atoms with Crippen LogP contribution in [0.3, 0.4) is 0 Å². The lowest BCUT2D eigenvalue weighted by atomic mass is 10.1. The van der Waals surface area contributed by atoms with Gasteiger partial charge in [-0.15, -0.1) is 0 Å². The number of aromatic amines is 1. The van der Waals surface area contributed by atoms with Crippen molar-refractivity contribution >= 4 is 0 Å². The maximum absolute atomic E-state index is 11.0. The van der Waals surface area contributed by atoms with Gasteiger partial charge in [0, 0.05) is 17.8 Å². The number of aromatic nitrogens is 1. The predicted molar refractivity (Wildman–Crippen MR) is 49.3 cm³/mol. The highest BCUT2D eigenvalue weighted by atomic mass is 16.1. The molecule has 1 rings (SSSR count). The van der Waals surface area contributed by atoms with E-state index in [4.69, 9.17) is 0 Å². The van der Waals surface area contributed by atoms with Gasteiger partial charge in [0.15, 0.2) is 0 Å². The van der Waals surface area contributed by atoms with Gasteiger partial charge in [-0.1, -0.05) is 6.07 Å². The summed E-state index contributed by atoms with van der Waals surface area (Å²) < 4.78 is 0. The number of aryl methyl sites for hydroxylation is 1. The third-order valence-electron chi connectivity index (χ3n) is 2.03. The van der Waals surface area contributed by atoms with Crippen molar-refractivity contribution in [1.82, 2.24) is 10.3 Å². The third-order valence-corrected chi connectivity index (χ3v) is 2.03. The second kappa shape index (κ2) is 3.54. The van der Waals surface area contributed by atoms with Crippen molar-refractivity contribution in [3.8, 4) is 0 Å². The van der Waals surface area contributed by atoms with Gasteiger partial charge in [0.05, 0.1) is 0 Å². The molecule has 66 valence electrons. The highest BCUT2D eigenvalue weighted by molar-refractivity contribution is 5.20. The lowest BCUT2D eigenvalue weighted by Crippen LogP contribution is -2.19. The maximum atomic E-state index is 11.0. The molecular formula is C9H14N2O. The molecule has 3 heteroatoms. The largest absolute Gasteiger partial charge is 0.324 e. The summed E-state index contributed by atoms with van der Waals surface area (Å²) >= 11 is 0. The van der Waals surface area contributed by atoms with E-state index in [1.807, 2.05) is 27.0 Å². The Hall–Kier alpha value is -1.09. The average molecular weight is 166 g/mol. The molecule has 0 radical (unpaired) electrons. The van der Waals surface area contributed by atoms with Crippen LogP contribution >= 0.6 is 0 Å². The standard InChI is InChI=1S/C9H14N2O/c1-6-4-5-8(12)11-9(6)7(2)10-3/h4-5,7,10H,1-3H3,(H,11,12). The molecule has 1 unspecified atom stereocenters. The molecule has 1 aromatic rings. The molecule has 2 N–H and O–H groups in total. The topological polar surface area (TPSA) is 44.9 Å². The third kappa shape index (κ3) is 1.74. The Morgan fingerprint density at radius 1 is 1.50 bits per heavy atom. The van der Waals surface area contributed by atoms with Crippen molar-refractivity contribution in [3.05, 3.63) is 33.7 Å². The molecule has 1 heterocycles. The molecule has 0 amide bonds. The Labute approximate surface area is 71.8 Å². The van der Waals surface area contributed by atoms with Crippen molar-refractivity contribution in [2.45, 2.75) is 19.9 Å². The SMILES string of the molecule is CNC(C)c1[nH]c(=O)ccc1C. The summed E-state index contributed by atoms with van der Waals surface area (Å²) in [5.41, 5.74) is 2.03. The van der Waals surface area contributed by atoms with Crippen molar-refractivity contribution in [2.24, 2.45) is 0 Å². The highest BCUT2D eigenvalue weighted by Crippen LogP contribution is 2.10. The van der Waals surface area contributed by atoms with Crippen LogP contribution in [0.5, 0.6) is 0 Å². The summed E-state index contributed by atoms with van der Waals surface area (Å²) in [5.74, 6) is 0. The summed E-state index contributed by atoms with van der Waals surface area (Å²) in [5, 5.41) is 3.08. The fourth-order valence-electron chi connectivity index (χ4n) is 1.16. The van der Waals surface area contributed by atoms with E-state index in [0.717, 1.165) is 11.3 Å². The Morgan fingerprint density at radius 3 is 2.75 bits per heavy atom. The van der Waals surface area contributed by atoms with Crippen LogP contribution in [0.15, 0.2) is 16.9 Å². The number of pyridine rings is 1. The van der Waals surface area contributed by atoms with E-state index in [0.29, 0.717) is 0 Å². The van der Waals surface area contributed by atoms with Gasteiger partial charge in [-0.05, 0) is 26.5 Å². The Bertz CT molecular complexity index is 317. The molecule has 0 aliphatic carbocycles. The molecule has 0 aliphatic rings. The van der Waals surface area contributed by atoms with Crippen LogP contribution < -0.4 is 10.9 Å². The zero-order valence-electron chi connectivity index (χ0n) is 7.64. The fourth-order valence-corrected chi connectivity index (χ4v) is 1.16. The fraction of sp³-hybridized carbons (Fsp3) is 0.444. The Kier molecular flexibility index (Phi) is 2.65. The number of rotatable bonds is 2. The molecule has 12 heavy (non-hydrogen) atoms. The first-order valence-electron chi connectivity index (χ1n) is 4.02. The molecule has 3 nitrogen and oxygen atoms in total. The molecule has 1 atom stereocenters. The van der Waals surface area contributed by atoms with Gasteiger partial charge in [0.1, 0.15) is 0 Å². The molecule has 0 fully saturated rings. The van der Waals surface area contributed by atoms with Crippen LogP contribution in [0.4, 0.5) is 0 Å². The van der Waals surface area contributed by atoms with E-state index < -0.39 is 0 Å². The lowest BCUT2D eigenvalue weighted by molar-refractivity contribution is 0.626. The number of hydrogen-bond donors (Lipinski definition) is 2. The van der Waals surface area contributed by atoms with Crippen LogP contribution in [-0.2, 0) is 0 Å². The number of nitrogens with one attached hydrogen (secondary N) is 2. The summed E-state index contributed by atoms with van der Waals surface area (Å²) in [4.78, 5) is 13.8. The zero-order valence-corrected chi connectivity index (χ0v) is 7.64. The minimum absolute atomic E-state index is 0.0438. The maximum Gasteiger partial charge on any atom is 0.248 e. The average Bonchev–Trinajstić information content (AvgIpc) is 2.08. The summed E-state index contributed by atoms with van der Waals surface area (Å²) in [6.45, 7) is 4.00. The number of H-pyrrole nitrogens is 1. The molecule has 1 aromatic heterocycles. The van der Waals surface area contributed by atoms with E-state index in [1.54, 1.807) is 6.07 Å². The second-order valence-corrected chi connectivity index (χ2v) is 2.93. The normalized spacial score (nSPS) is 12.9. The van der Waals surface area contributed by atoms with E-state index >= 15 is 0 Å². The van der Waals surface area contributed by atoms with Gasteiger partial charge in [-0.3, -0.25) is 4.79 Å². The van der Waals surface area contributed by atoms with Crippen LogP contribution in [0.1, 0.15) is 24.2 Å². The van der Waals surface area contributed by atoms with Gasteiger partial charge in [0.25, 0.3) is 0 Å². The summed E-state index contributed by atoms with van der Waals surface area (Å²) in [6, 6.07) is 3.57. The van der Waals surface area contributed by atoms with Crippen molar-refractivity contribution in [3.63, 3.8) is 0 Å². The lowest BCUT2D eigenvalue weighted by Gasteiger charge is -2.12. The number of hydrogen-bond acceptors (Lipinski definition) is 2. The Morgan fingerprint density at radius 2 is 2.17 bits per heavy atom. The zero-order chi connectivity index (χ0) is 9.14. The minimum atomic E-state index is -0.0438. The smallest absolute Gasteiger partial charge is 0.248 e. The van der Waals surface area contributed by atoms with Crippen molar-refractivity contribution in [1.29, 1.82) is 0 Å². The van der Waals surface area contributed by atoms with E-state index in [1.165, 1.54) is 0 Å². The molecule has 0 saturated heterocycles. The highest BCUT2D eigenvalue weighted by Gasteiger charge is 2.05. The van der Waals surface area contributed by atoms with Gasteiger partial charge in [0.2, 0.25) is 5.56 Å². The van der Waals surface area contributed by atoms with Gasteiger partial charge >= 0.3 is 0 Å². The first kappa shape index (κ1) is 9.00. The van der Waals surface area contributed by atoms with Crippen molar-refractivity contribution < 1.29 is 0 Å². The van der Waals surface area contributed by atoms with E-state index in [2.05, 4.69) is 10.3 Å². The van der Waals surface area contributed by atoms with Crippen LogP contribution in [0.25, 0.3) is 0 Å². The molecule has 0 bridgehead atoms. The summed E-state index contributed by atoms with van der Waals surface area (Å²) in [6.07, 6.45) is 0. The van der Waals surface area contributed by atoms with Gasteiger partial charge < -0.3 is 10.3 Å². The summed E-state index contributed by atoms with van der Waals surface area (Å²) in [7, 11) is 1.87. The van der Waals surface area contributed by atoms with Crippen LogP contribution in [-0.4, -0.2) is 12.0 Å². The molecule has 0 aromatic carbocycles.